The Morgan fingerprint density at radius 2 is 1.52 bits per heavy atom. The Labute approximate surface area is 130 Å². The molecule has 0 bridgehead atoms. The monoisotopic (exact) mass is 347 g/mol. The number of alkyl halides is 3. The van der Waals surface area contributed by atoms with Gasteiger partial charge in [0.1, 0.15) is 16.4 Å². The van der Waals surface area contributed by atoms with Crippen molar-refractivity contribution in [2.45, 2.75) is 11.3 Å². The summed E-state index contributed by atoms with van der Waals surface area (Å²) in [5.74, 6) is -0.590. The lowest BCUT2D eigenvalue weighted by Gasteiger charge is -2.15. The second-order valence-electron chi connectivity index (χ2n) is 4.30. The van der Waals surface area contributed by atoms with Crippen molar-refractivity contribution < 1.29 is 31.1 Å². The van der Waals surface area contributed by atoms with Gasteiger partial charge in [0.05, 0.1) is 12.8 Å². The third-order valence-corrected chi connectivity index (χ3v) is 4.12. The Kier molecular flexibility index (Phi) is 4.69. The predicted molar refractivity (Wildman–Crippen MR) is 76.9 cm³/mol. The van der Waals surface area contributed by atoms with Crippen molar-refractivity contribution in [1.82, 2.24) is 0 Å². The van der Waals surface area contributed by atoms with Gasteiger partial charge in [-0.1, -0.05) is 24.3 Å². The molecule has 2 aromatic carbocycles. The topological polar surface area (TPSA) is 64.6 Å². The molecule has 2 rings (SSSR count). The Morgan fingerprint density at radius 1 is 0.957 bits per heavy atom. The third-order valence-electron chi connectivity index (χ3n) is 2.72. The molecule has 0 aliphatic heterocycles. The van der Waals surface area contributed by atoms with E-state index in [1.807, 2.05) is 0 Å². The molecule has 0 aliphatic rings. The summed E-state index contributed by atoms with van der Waals surface area (Å²) >= 11 is 0. The maximum Gasteiger partial charge on any atom is 0.573 e. The molecule has 0 atom stereocenters. The molecule has 5 nitrogen and oxygen atoms in total. The summed E-state index contributed by atoms with van der Waals surface area (Å²) < 4.78 is 72.9. The first kappa shape index (κ1) is 16.9. The van der Waals surface area contributed by atoms with Gasteiger partial charge in [-0.2, -0.15) is 0 Å². The van der Waals surface area contributed by atoms with E-state index in [1.54, 1.807) is 12.1 Å². The molecule has 2 aromatic rings. The molecule has 23 heavy (non-hydrogen) atoms. The van der Waals surface area contributed by atoms with Crippen molar-refractivity contribution in [3.05, 3.63) is 48.5 Å². The van der Waals surface area contributed by atoms with Crippen molar-refractivity contribution in [2.75, 3.05) is 11.8 Å². The van der Waals surface area contributed by atoms with Gasteiger partial charge in [0.2, 0.25) is 0 Å². The molecule has 0 aromatic heterocycles. The number of benzene rings is 2. The van der Waals surface area contributed by atoms with Crippen LogP contribution in [0.3, 0.4) is 0 Å². The first-order valence-electron chi connectivity index (χ1n) is 6.23. The standard InChI is InChI=1S/C14H12F3NO4S/c1-21-11-7-3-2-6-10(11)18-23(19,20)13-9-5-4-8-12(13)22-14(15,16)17/h2-9,18H,1H3. The van der Waals surface area contributed by atoms with Gasteiger partial charge in [-0.15, -0.1) is 13.2 Å². The number of hydrogen-bond acceptors (Lipinski definition) is 4. The van der Waals surface area contributed by atoms with Crippen molar-refractivity contribution in [2.24, 2.45) is 0 Å². The van der Waals surface area contributed by atoms with Crippen LogP contribution < -0.4 is 14.2 Å². The van der Waals surface area contributed by atoms with E-state index in [1.165, 1.54) is 31.4 Å². The average Bonchev–Trinajstić information content (AvgIpc) is 2.46. The van der Waals surface area contributed by atoms with Gasteiger partial charge < -0.3 is 9.47 Å². The lowest BCUT2D eigenvalue weighted by molar-refractivity contribution is -0.275. The molecule has 0 saturated heterocycles. The molecule has 0 unspecified atom stereocenters. The fourth-order valence-electron chi connectivity index (χ4n) is 1.81. The smallest absolute Gasteiger partial charge is 0.495 e. The number of ether oxygens (including phenoxy) is 2. The van der Waals surface area contributed by atoms with Crippen LogP contribution in [-0.4, -0.2) is 21.9 Å². The molecule has 0 fully saturated rings. The Hall–Kier alpha value is -2.42. The van der Waals surface area contributed by atoms with Crippen LogP contribution in [0, 0.1) is 0 Å². The largest absolute Gasteiger partial charge is 0.573 e. The normalized spacial score (nSPS) is 11.8. The molecule has 1 N–H and O–H groups in total. The number of anilines is 1. The quantitative estimate of drug-likeness (QED) is 0.900. The lowest BCUT2D eigenvalue weighted by atomic mass is 10.3. The van der Waals surface area contributed by atoms with E-state index < -0.39 is 27.0 Å². The molecule has 0 saturated carbocycles. The molecule has 0 heterocycles. The van der Waals surface area contributed by atoms with E-state index in [9.17, 15) is 21.6 Å². The minimum atomic E-state index is -5.00. The van der Waals surface area contributed by atoms with E-state index in [0.29, 0.717) is 0 Å². The van der Waals surface area contributed by atoms with Gasteiger partial charge in [-0.25, -0.2) is 8.42 Å². The van der Waals surface area contributed by atoms with Crippen LogP contribution in [0.4, 0.5) is 18.9 Å². The highest BCUT2D eigenvalue weighted by Gasteiger charge is 2.34. The summed E-state index contributed by atoms with van der Waals surface area (Å²) in [6.07, 6.45) is -5.00. The highest BCUT2D eigenvalue weighted by molar-refractivity contribution is 7.92. The maximum absolute atomic E-state index is 12.4. The van der Waals surface area contributed by atoms with E-state index in [0.717, 1.165) is 12.1 Å². The predicted octanol–water partition coefficient (Wildman–Crippen LogP) is 3.39. The van der Waals surface area contributed by atoms with Gasteiger partial charge in [0.25, 0.3) is 10.0 Å². The maximum atomic E-state index is 12.4. The average molecular weight is 347 g/mol. The molecule has 0 amide bonds. The number of rotatable bonds is 5. The van der Waals surface area contributed by atoms with Crippen LogP contribution in [0.1, 0.15) is 0 Å². The second kappa shape index (κ2) is 6.37. The fourth-order valence-corrected chi connectivity index (χ4v) is 3.01. The van der Waals surface area contributed by atoms with Gasteiger partial charge in [-0.05, 0) is 24.3 Å². The van der Waals surface area contributed by atoms with Crippen LogP contribution in [-0.2, 0) is 10.0 Å². The van der Waals surface area contributed by atoms with E-state index in [-0.39, 0.29) is 11.4 Å². The van der Waals surface area contributed by atoms with Crippen molar-refractivity contribution in [3.8, 4) is 11.5 Å². The van der Waals surface area contributed by atoms with Gasteiger partial charge in [-0.3, -0.25) is 4.72 Å². The number of nitrogens with one attached hydrogen (secondary N) is 1. The van der Waals surface area contributed by atoms with Crippen LogP contribution in [0.15, 0.2) is 53.4 Å². The van der Waals surface area contributed by atoms with Crippen LogP contribution in [0.5, 0.6) is 11.5 Å². The zero-order chi connectivity index (χ0) is 17.1. The summed E-state index contributed by atoms with van der Waals surface area (Å²) in [4.78, 5) is -0.636. The van der Waals surface area contributed by atoms with Crippen molar-refractivity contribution >= 4 is 15.7 Å². The Bertz CT molecular complexity index is 791. The third kappa shape index (κ3) is 4.28. The zero-order valence-electron chi connectivity index (χ0n) is 11.8. The zero-order valence-corrected chi connectivity index (χ0v) is 12.6. The number of sulfonamides is 1. The lowest BCUT2D eigenvalue weighted by Crippen LogP contribution is -2.21. The van der Waals surface area contributed by atoms with Crippen molar-refractivity contribution in [3.63, 3.8) is 0 Å². The summed E-state index contributed by atoms with van der Waals surface area (Å²) in [5, 5.41) is 0. The molecule has 124 valence electrons. The second-order valence-corrected chi connectivity index (χ2v) is 5.95. The molecule has 9 heteroatoms. The van der Waals surface area contributed by atoms with Gasteiger partial charge >= 0.3 is 6.36 Å². The van der Waals surface area contributed by atoms with E-state index in [4.69, 9.17) is 4.74 Å². The van der Waals surface area contributed by atoms with Crippen LogP contribution >= 0.6 is 0 Å². The van der Waals surface area contributed by atoms with E-state index in [2.05, 4.69) is 9.46 Å². The minimum absolute atomic E-state index is 0.0943. The molecule has 0 spiro atoms. The first-order chi connectivity index (χ1) is 10.7. The molecular weight excluding hydrogens is 335 g/mol. The number of halogens is 3. The highest BCUT2D eigenvalue weighted by atomic mass is 32.2. The first-order valence-corrected chi connectivity index (χ1v) is 7.72. The Balaban J connectivity index is 2.41. The minimum Gasteiger partial charge on any atom is -0.495 e. The van der Waals surface area contributed by atoms with Crippen LogP contribution in [0.25, 0.3) is 0 Å². The summed E-state index contributed by atoms with van der Waals surface area (Å²) in [6.45, 7) is 0. The SMILES string of the molecule is COc1ccccc1NS(=O)(=O)c1ccccc1OC(F)(F)F. The van der Waals surface area contributed by atoms with Gasteiger partial charge in [0, 0.05) is 0 Å². The van der Waals surface area contributed by atoms with Crippen LogP contribution in [0.2, 0.25) is 0 Å². The number of methoxy groups -OCH3 is 1. The van der Waals surface area contributed by atoms with Crippen molar-refractivity contribution in [1.29, 1.82) is 0 Å². The molecule has 0 aliphatic carbocycles. The summed E-state index contributed by atoms with van der Waals surface area (Å²) in [5.41, 5.74) is 0.0943. The molecular formula is C14H12F3NO4S. The summed E-state index contributed by atoms with van der Waals surface area (Å²) in [7, 11) is -2.96. The molecule has 0 radical (unpaired) electrons. The number of hydrogen-bond donors (Lipinski definition) is 1. The highest BCUT2D eigenvalue weighted by Crippen LogP contribution is 2.32. The fraction of sp³-hybridized carbons (Fsp3) is 0.143. The Morgan fingerprint density at radius 3 is 2.13 bits per heavy atom. The number of para-hydroxylation sites is 3. The summed E-state index contributed by atoms with van der Waals surface area (Å²) in [6, 6.07) is 10.6. The van der Waals surface area contributed by atoms with Gasteiger partial charge in [0.15, 0.2) is 0 Å². The van der Waals surface area contributed by atoms with E-state index >= 15 is 0 Å².